The molecule has 0 amide bonds. The summed E-state index contributed by atoms with van der Waals surface area (Å²) in [4.78, 5) is 0. The number of unbranched alkanes of at least 4 members (excludes halogenated alkanes) is 3. The summed E-state index contributed by atoms with van der Waals surface area (Å²) in [5, 5.41) is 0.267. The fourth-order valence-corrected chi connectivity index (χ4v) is 3.35. The van der Waals surface area contributed by atoms with Crippen molar-refractivity contribution in [1.29, 1.82) is 0 Å². The van der Waals surface area contributed by atoms with Gasteiger partial charge in [0.15, 0.2) is 8.32 Å². The van der Waals surface area contributed by atoms with Crippen molar-refractivity contribution in [2.24, 2.45) is 0 Å². The predicted molar refractivity (Wildman–Crippen MR) is 94.3 cm³/mol. The van der Waals surface area contributed by atoms with Gasteiger partial charge in [-0.25, -0.2) is 0 Å². The molecular weight excluding hydrogens is 276 g/mol. The van der Waals surface area contributed by atoms with E-state index in [2.05, 4.69) is 53.8 Å². The minimum Gasteiger partial charge on any atom is -0.414 e. The van der Waals surface area contributed by atoms with Gasteiger partial charge >= 0.3 is 0 Å². The monoisotopic (exact) mass is 312 g/mol. The molecule has 2 atom stereocenters. The Labute approximate surface area is 133 Å². The molecular formula is C18H36O2Si. The van der Waals surface area contributed by atoms with E-state index in [1.165, 1.54) is 31.3 Å². The second-order valence-corrected chi connectivity index (χ2v) is 12.8. The molecule has 0 aromatic rings. The van der Waals surface area contributed by atoms with Crippen LogP contribution >= 0.6 is 0 Å². The molecule has 0 N–H and O–H groups in total. The third-order valence-corrected chi connectivity index (χ3v) is 9.54. The summed E-state index contributed by atoms with van der Waals surface area (Å²) in [5.74, 6) is 0. The van der Waals surface area contributed by atoms with Gasteiger partial charge in [0.25, 0.3) is 0 Å². The molecule has 0 fully saturated rings. The number of rotatable bonds is 8. The lowest BCUT2D eigenvalue weighted by atomic mass is 10.1. The number of ether oxygens (including phenoxy) is 1. The third-order valence-electron chi connectivity index (χ3n) is 5.04. The summed E-state index contributed by atoms with van der Waals surface area (Å²) in [5.41, 5.74) is 1.36. The van der Waals surface area contributed by atoms with Gasteiger partial charge in [0.1, 0.15) is 6.10 Å². The summed E-state index contributed by atoms with van der Waals surface area (Å²) in [6.45, 7) is 16.6. The minimum atomic E-state index is -1.67. The van der Waals surface area contributed by atoms with Gasteiger partial charge in [-0.05, 0) is 37.0 Å². The first-order chi connectivity index (χ1) is 9.67. The van der Waals surface area contributed by atoms with Crippen LogP contribution in [-0.2, 0) is 9.16 Å². The molecule has 0 aromatic heterocycles. The van der Waals surface area contributed by atoms with E-state index in [9.17, 15) is 0 Å². The maximum absolute atomic E-state index is 6.31. The van der Waals surface area contributed by atoms with Crippen molar-refractivity contribution in [1.82, 2.24) is 0 Å². The molecule has 124 valence electrons. The summed E-state index contributed by atoms with van der Waals surface area (Å²) >= 11 is 0. The highest BCUT2D eigenvalue weighted by Gasteiger charge is 2.38. The fraction of sp³-hybridized carbons (Fsp3) is 0.889. The predicted octanol–water partition coefficient (Wildman–Crippen LogP) is 5.69. The van der Waals surface area contributed by atoms with Crippen LogP contribution in [0.25, 0.3) is 0 Å². The zero-order chi connectivity index (χ0) is 16.1. The zero-order valence-electron chi connectivity index (χ0n) is 15.3. The molecule has 0 radical (unpaired) electrons. The Kier molecular flexibility index (Phi) is 7.15. The largest absolute Gasteiger partial charge is 0.414 e. The van der Waals surface area contributed by atoms with Gasteiger partial charge < -0.3 is 9.16 Å². The maximum atomic E-state index is 6.31. The Balaban J connectivity index is 2.37. The molecule has 1 heterocycles. The Morgan fingerprint density at radius 2 is 1.86 bits per heavy atom. The molecule has 0 bridgehead atoms. The van der Waals surface area contributed by atoms with Crippen molar-refractivity contribution in [2.75, 3.05) is 6.61 Å². The first kappa shape index (κ1) is 18.9. The van der Waals surface area contributed by atoms with Gasteiger partial charge in [0.05, 0.1) is 12.7 Å². The van der Waals surface area contributed by atoms with Gasteiger partial charge in [-0.1, -0.05) is 59.5 Å². The molecule has 0 saturated carbocycles. The molecule has 2 nitrogen and oxygen atoms in total. The van der Waals surface area contributed by atoms with Gasteiger partial charge in [-0.2, -0.15) is 0 Å². The average molecular weight is 313 g/mol. The fourth-order valence-electron chi connectivity index (χ4n) is 2.35. The van der Waals surface area contributed by atoms with E-state index in [1.54, 1.807) is 0 Å². The van der Waals surface area contributed by atoms with E-state index in [-0.39, 0.29) is 11.1 Å². The summed E-state index contributed by atoms with van der Waals surface area (Å²) < 4.78 is 12.5. The first-order valence-electron chi connectivity index (χ1n) is 8.65. The average Bonchev–Trinajstić information content (AvgIpc) is 2.72. The lowest BCUT2D eigenvalue weighted by molar-refractivity contribution is 0.0202. The summed E-state index contributed by atoms with van der Waals surface area (Å²) in [7, 11) is -1.67. The summed E-state index contributed by atoms with van der Waals surface area (Å²) in [6.07, 6.45) is 9.20. The molecule has 1 rings (SSSR count). The minimum absolute atomic E-state index is 0.176. The van der Waals surface area contributed by atoms with Crippen molar-refractivity contribution in [3.63, 3.8) is 0 Å². The van der Waals surface area contributed by atoms with Crippen LogP contribution in [0.2, 0.25) is 18.1 Å². The molecule has 0 unspecified atom stereocenters. The smallest absolute Gasteiger partial charge is 0.192 e. The molecule has 1 aliphatic heterocycles. The maximum Gasteiger partial charge on any atom is 0.192 e. The lowest BCUT2D eigenvalue weighted by Crippen LogP contribution is -2.42. The van der Waals surface area contributed by atoms with Crippen LogP contribution in [0.4, 0.5) is 0 Å². The SMILES string of the molecule is CCCCCC[C@@H]1C=C(C)[C@@H](CO[Si](C)(C)C(C)(C)C)O1. The van der Waals surface area contributed by atoms with Crippen LogP contribution in [0.15, 0.2) is 11.6 Å². The van der Waals surface area contributed by atoms with Crippen LogP contribution in [0.5, 0.6) is 0 Å². The molecule has 0 saturated heterocycles. The van der Waals surface area contributed by atoms with Crippen molar-refractivity contribution >= 4 is 8.32 Å². The van der Waals surface area contributed by atoms with Crippen LogP contribution in [0, 0.1) is 0 Å². The van der Waals surface area contributed by atoms with Crippen molar-refractivity contribution in [3.05, 3.63) is 11.6 Å². The second-order valence-electron chi connectivity index (χ2n) is 7.99. The van der Waals surface area contributed by atoms with E-state index in [0.717, 1.165) is 13.0 Å². The molecule has 21 heavy (non-hydrogen) atoms. The van der Waals surface area contributed by atoms with Crippen molar-refractivity contribution in [3.8, 4) is 0 Å². The highest BCUT2D eigenvalue weighted by Crippen LogP contribution is 2.37. The molecule has 1 aliphatic rings. The van der Waals surface area contributed by atoms with E-state index >= 15 is 0 Å². The van der Waals surface area contributed by atoms with E-state index < -0.39 is 8.32 Å². The molecule has 0 aliphatic carbocycles. The first-order valence-corrected chi connectivity index (χ1v) is 11.6. The highest BCUT2D eigenvalue weighted by molar-refractivity contribution is 6.74. The van der Waals surface area contributed by atoms with Crippen LogP contribution in [-0.4, -0.2) is 27.1 Å². The highest BCUT2D eigenvalue weighted by atomic mass is 28.4. The van der Waals surface area contributed by atoms with Crippen molar-refractivity contribution in [2.45, 2.75) is 97.1 Å². The number of hydrogen-bond donors (Lipinski definition) is 0. The molecule has 0 aromatic carbocycles. The standard InChI is InChI=1S/C18H36O2Si/c1-8-9-10-11-12-16-13-15(2)17(20-16)14-19-21(6,7)18(3,4)5/h13,16-17H,8-12,14H2,1-7H3/t16-,17-/m1/s1. The van der Waals surface area contributed by atoms with E-state index in [0.29, 0.717) is 6.10 Å². The Morgan fingerprint density at radius 1 is 1.19 bits per heavy atom. The summed E-state index contributed by atoms with van der Waals surface area (Å²) in [6, 6.07) is 0. The van der Waals surface area contributed by atoms with Gasteiger partial charge in [0.2, 0.25) is 0 Å². The van der Waals surface area contributed by atoms with Gasteiger partial charge in [-0.3, -0.25) is 0 Å². The van der Waals surface area contributed by atoms with Crippen LogP contribution < -0.4 is 0 Å². The molecule has 0 spiro atoms. The normalized spacial score (nSPS) is 23.5. The zero-order valence-corrected chi connectivity index (χ0v) is 16.3. The third kappa shape index (κ3) is 5.88. The number of hydrogen-bond acceptors (Lipinski definition) is 2. The topological polar surface area (TPSA) is 18.5 Å². The van der Waals surface area contributed by atoms with Gasteiger partial charge in [-0.15, -0.1) is 0 Å². The Bertz CT molecular complexity index is 342. The van der Waals surface area contributed by atoms with Crippen LogP contribution in [0.3, 0.4) is 0 Å². The Hall–Kier alpha value is -0.123. The molecule has 3 heteroatoms. The van der Waals surface area contributed by atoms with E-state index in [1.807, 2.05) is 0 Å². The second kappa shape index (κ2) is 7.93. The lowest BCUT2D eigenvalue weighted by Gasteiger charge is -2.37. The Morgan fingerprint density at radius 3 is 2.43 bits per heavy atom. The van der Waals surface area contributed by atoms with Gasteiger partial charge in [0, 0.05) is 0 Å². The van der Waals surface area contributed by atoms with Crippen LogP contribution in [0.1, 0.15) is 66.7 Å². The quantitative estimate of drug-likeness (QED) is 0.325. The van der Waals surface area contributed by atoms with E-state index in [4.69, 9.17) is 9.16 Å². The van der Waals surface area contributed by atoms with Crippen molar-refractivity contribution < 1.29 is 9.16 Å².